The van der Waals surface area contributed by atoms with Crippen LogP contribution in [0.25, 0.3) is 0 Å². The lowest BCUT2D eigenvalue weighted by Gasteiger charge is -2.31. The number of hydrogen-bond acceptors (Lipinski definition) is 4. The first-order valence-corrected chi connectivity index (χ1v) is 15.4. The summed E-state index contributed by atoms with van der Waals surface area (Å²) in [4.78, 5) is 24.8. The summed E-state index contributed by atoms with van der Waals surface area (Å²) in [6.07, 6.45) is 17.2. The maximum Gasteiger partial charge on any atom is 0.334 e. The van der Waals surface area contributed by atoms with Crippen LogP contribution in [0.1, 0.15) is 121 Å². The molecule has 39 heavy (non-hydrogen) atoms. The molecular formula is C32H48ClNO5. The van der Waals surface area contributed by atoms with Crippen molar-refractivity contribution < 1.29 is 24.5 Å². The van der Waals surface area contributed by atoms with Crippen LogP contribution in [-0.4, -0.2) is 34.6 Å². The predicted molar refractivity (Wildman–Crippen MR) is 159 cm³/mol. The number of aryl methyl sites for hydroxylation is 1. The Labute approximate surface area is 239 Å². The monoisotopic (exact) mass is 561 g/mol. The van der Waals surface area contributed by atoms with Gasteiger partial charge in [0.25, 0.3) is 0 Å². The van der Waals surface area contributed by atoms with Crippen molar-refractivity contribution in [3.05, 3.63) is 51.9 Å². The minimum Gasteiger partial charge on any atom is -0.494 e. The van der Waals surface area contributed by atoms with Gasteiger partial charge in [-0.05, 0) is 38.3 Å². The van der Waals surface area contributed by atoms with Crippen LogP contribution < -0.4 is 10.1 Å². The quantitative estimate of drug-likeness (QED) is 0.109. The van der Waals surface area contributed by atoms with E-state index in [0.717, 1.165) is 24.8 Å². The predicted octanol–water partition coefficient (Wildman–Crippen LogP) is 8.34. The third kappa shape index (κ3) is 9.90. The Morgan fingerprint density at radius 2 is 1.38 bits per heavy atom. The average Bonchev–Trinajstić information content (AvgIpc) is 2.90. The third-order valence-corrected chi connectivity index (χ3v) is 7.80. The molecule has 1 atom stereocenters. The highest BCUT2D eigenvalue weighted by atomic mass is 35.5. The van der Waals surface area contributed by atoms with E-state index in [-0.39, 0.29) is 17.0 Å². The Morgan fingerprint density at radius 1 is 0.846 bits per heavy atom. The Kier molecular flexibility index (Phi) is 15.1. The molecule has 0 aliphatic carbocycles. The lowest BCUT2D eigenvalue weighted by molar-refractivity contribution is -0.133. The molecule has 1 unspecified atom stereocenters. The second-order valence-corrected chi connectivity index (χ2v) is 10.8. The molecule has 218 valence electrons. The number of carbonyl (C=O) groups is 2. The first-order chi connectivity index (χ1) is 18.9. The van der Waals surface area contributed by atoms with Gasteiger partial charge < -0.3 is 20.3 Å². The van der Waals surface area contributed by atoms with Crippen molar-refractivity contribution in [1.82, 2.24) is 5.32 Å². The minimum absolute atomic E-state index is 0.0139. The summed E-state index contributed by atoms with van der Waals surface area (Å²) in [7, 11) is 0. The van der Waals surface area contributed by atoms with Gasteiger partial charge in [-0.1, -0.05) is 96.1 Å². The number of alkyl halides is 1. The number of dihydropyridines is 1. The van der Waals surface area contributed by atoms with Gasteiger partial charge in [-0.25, -0.2) is 9.59 Å². The Hall–Kier alpha value is -2.47. The van der Waals surface area contributed by atoms with E-state index in [1.807, 2.05) is 19.1 Å². The van der Waals surface area contributed by atoms with Crippen molar-refractivity contribution in [3.63, 3.8) is 0 Å². The van der Waals surface area contributed by atoms with Crippen LogP contribution in [0.15, 0.2) is 40.7 Å². The summed E-state index contributed by atoms with van der Waals surface area (Å²) >= 11 is 6.12. The van der Waals surface area contributed by atoms with Crippen molar-refractivity contribution >= 4 is 23.5 Å². The molecule has 0 saturated carbocycles. The zero-order valence-electron chi connectivity index (χ0n) is 24.1. The number of rotatable bonds is 20. The van der Waals surface area contributed by atoms with Crippen molar-refractivity contribution in [2.45, 2.75) is 117 Å². The molecule has 0 saturated heterocycles. The number of unbranched alkanes of at least 4 members (excludes halogenated alkanes) is 12. The van der Waals surface area contributed by atoms with Gasteiger partial charge in [0.1, 0.15) is 5.75 Å². The van der Waals surface area contributed by atoms with E-state index in [2.05, 4.69) is 12.2 Å². The summed E-state index contributed by atoms with van der Waals surface area (Å²) < 4.78 is 5.93. The first-order valence-electron chi connectivity index (χ1n) is 14.8. The molecule has 0 aromatic heterocycles. The Bertz CT molecular complexity index is 1000. The van der Waals surface area contributed by atoms with Gasteiger partial charge in [-0.3, -0.25) is 0 Å². The number of carboxylic acids is 2. The van der Waals surface area contributed by atoms with E-state index in [0.29, 0.717) is 29.3 Å². The highest BCUT2D eigenvalue weighted by molar-refractivity contribution is 6.20. The molecule has 0 amide bonds. The fraction of sp³-hybridized carbons (Fsp3) is 0.625. The second kappa shape index (κ2) is 18.0. The van der Waals surface area contributed by atoms with Gasteiger partial charge in [-0.15, -0.1) is 11.6 Å². The number of ether oxygens (including phenoxy) is 1. The molecule has 0 bridgehead atoms. The highest BCUT2D eigenvalue weighted by Crippen LogP contribution is 2.44. The molecule has 0 fully saturated rings. The Balaban J connectivity index is 2.09. The number of allylic oxidation sites excluding steroid dienone is 2. The Morgan fingerprint density at radius 3 is 1.87 bits per heavy atom. The number of aliphatic carboxylic acids is 2. The molecule has 1 heterocycles. The van der Waals surface area contributed by atoms with Gasteiger partial charge in [0, 0.05) is 17.0 Å². The van der Waals surface area contributed by atoms with Crippen LogP contribution in [0.3, 0.4) is 0 Å². The molecule has 2 rings (SSSR count). The molecule has 1 aliphatic heterocycles. The number of nitrogens with one attached hydrogen (secondary N) is 1. The minimum atomic E-state index is -1.19. The highest BCUT2D eigenvalue weighted by Gasteiger charge is 2.39. The third-order valence-electron chi connectivity index (χ3n) is 7.53. The topological polar surface area (TPSA) is 95.9 Å². The normalized spacial score (nSPS) is 15.4. The van der Waals surface area contributed by atoms with Crippen molar-refractivity contribution in [3.8, 4) is 5.75 Å². The van der Waals surface area contributed by atoms with E-state index in [1.54, 1.807) is 13.0 Å². The van der Waals surface area contributed by atoms with Crippen molar-refractivity contribution in [1.29, 1.82) is 0 Å². The fourth-order valence-corrected chi connectivity index (χ4v) is 5.79. The standard InChI is InChI=1S/C32H48ClNO5/c1-4-6-7-8-9-10-11-12-13-14-15-16-17-19-24-20-18-21-26(39-5-2)28(24)30-27(31(35)36)23(3)34-25(22-33)29(30)32(37)38/h18,20-21,30,34H,4-17,19,22H2,1-3H3,(H,35,36)(H,37,38). The largest absolute Gasteiger partial charge is 0.494 e. The zero-order chi connectivity index (χ0) is 28.6. The summed E-state index contributed by atoms with van der Waals surface area (Å²) in [6.45, 7) is 6.16. The van der Waals surface area contributed by atoms with E-state index < -0.39 is 17.9 Å². The maximum atomic E-state index is 12.4. The van der Waals surface area contributed by atoms with Gasteiger partial charge in [0.15, 0.2) is 0 Å². The summed E-state index contributed by atoms with van der Waals surface area (Å²) in [5.41, 5.74) is 2.24. The lowest BCUT2D eigenvalue weighted by atomic mass is 9.77. The van der Waals surface area contributed by atoms with Crippen LogP contribution in [0.5, 0.6) is 5.75 Å². The first kappa shape index (κ1) is 32.7. The lowest BCUT2D eigenvalue weighted by Crippen LogP contribution is -2.33. The fourth-order valence-electron chi connectivity index (χ4n) is 5.58. The molecule has 0 radical (unpaired) electrons. The SMILES string of the molecule is CCCCCCCCCCCCCCCc1cccc(OCC)c1C1C(C(=O)O)=C(C)NC(CCl)=C1C(=O)O. The van der Waals surface area contributed by atoms with Crippen LogP contribution in [0, 0.1) is 0 Å². The smallest absolute Gasteiger partial charge is 0.334 e. The second-order valence-electron chi connectivity index (χ2n) is 10.5. The van der Waals surface area contributed by atoms with Gasteiger partial charge >= 0.3 is 11.9 Å². The van der Waals surface area contributed by atoms with Gasteiger partial charge in [0.2, 0.25) is 0 Å². The number of benzene rings is 1. The maximum absolute atomic E-state index is 12.4. The van der Waals surface area contributed by atoms with Gasteiger partial charge in [0.05, 0.1) is 29.6 Å². The summed E-state index contributed by atoms with van der Waals surface area (Å²) in [5, 5.41) is 23.2. The number of carboxylic acid groups (broad SMARTS) is 2. The molecule has 1 aliphatic rings. The molecular weight excluding hydrogens is 514 g/mol. The number of hydrogen-bond donors (Lipinski definition) is 3. The van der Waals surface area contributed by atoms with E-state index in [1.165, 1.54) is 70.6 Å². The molecule has 6 nitrogen and oxygen atoms in total. The zero-order valence-corrected chi connectivity index (χ0v) is 24.9. The van der Waals surface area contributed by atoms with E-state index in [9.17, 15) is 19.8 Å². The molecule has 1 aromatic carbocycles. The van der Waals surface area contributed by atoms with Crippen LogP contribution >= 0.6 is 11.6 Å². The summed E-state index contributed by atoms with van der Waals surface area (Å²) in [6, 6.07) is 5.66. The van der Waals surface area contributed by atoms with Crippen molar-refractivity contribution in [2.75, 3.05) is 12.5 Å². The molecule has 0 spiro atoms. The van der Waals surface area contributed by atoms with Crippen LogP contribution in [0.2, 0.25) is 0 Å². The van der Waals surface area contributed by atoms with Crippen molar-refractivity contribution in [2.24, 2.45) is 0 Å². The van der Waals surface area contributed by atoms with Crippen LogP contribution in [0.4, 0.5) is 0 Å². The summed E-state index contributed by atoms with van der Waals surface area (Å²) in [5.74, 6) is -2.86. The van der Waals surface area contributed by atoms with E-state index >= 15 is 0 Å². The molecule has 7 heteroatoms. The number of halogens is 1. The molecule has 3 N–H and O–H groups in total. The van der Waals surface area contributed by atoms with Gasteiger partial charge in [-0.2, -0.15) is 0 Å². The van der Waals surface area contributed by atoms with Crippen LogP contribution in [-0.2, 0) is 16.0 Å². The average molecular weight is 562 g/mol. The van der Waals surface area contributed by atoms with E-state index in [4.69, 9.17) is 16.3 Å². The molecule has 1 aromatic rings.